The van der Waals surface area contributed by atoms with Gasteiger partial charge in [0.15, 0.2) is 0 Å². The fourth-order valence-electron chi connectivity index (χ4n) is 3.50. The van der Waals surface area contributed by atoms with Crippen molar-refractivity contribution in [3.8, 4) is 0 Å². The van der Waals surface area contributed by atoms with E-state index in [-0.39, 0.29) is 11.4 Å². The standard InChI is InChI=1S/C17H18N4O/c22-15(14-5-2-1-3-6-14)20-11-7-17(13-20)8-12-21(17)16-18-9-4-10-19-16/h1-6,9-10H,7-8,11-13H2. The fourth-order valence-corrected chi connectivity index (χ4v) is 3.50. The number of carbonyl (C=O) groups is 1. The number of anilines is 1. The number of aromatic nitrogens is 2. The second kappa shape index (κ2) is 5.09. The van der Waals surface area contributed by atoms with Gasteiger partial charge in [-0.25, -0.2) is 9.97 Å². The number of amides is 1. The first-order chi connectivity index (χ1) is 10.8. The van der Waals surface area contributed by atoms with Crippen molar-refractivity contribution < 1.29 is 4.79 Å². The predicted molar refractivity (Wildman–Crippen MR) is 83.7 cm³/mol. The zero-order valence-corrected chi connectivity index (χ0v) is 12.4. The number of hydrogen-bond donors (Lipinski definition) is 0. The molecule has 22 heavy (non-hydrogen) atoms. The number of nitrogens with zero attached hydrogens (tertiary/aromatic N) is 4. The highest BCUT2D eigenvalue weighted by Crippen LogP contribution is 2.41. The van der Waals surface area contributed by atoms with Crippen LogP contribution in [0.4, 0.5) is 5.95 Å². The van der Waals surface area contributed by atoms with Crippen LogP contribution in [0.2, 0.25) is 0 Å². The van der Waals surface area contributed by atoms with Crippen molar-refractivity contribution in [2.75, 3.05) is 24.5 Å². The average Bonchev–Trinajstić information content (AvgIpc) is 3.03. The number of hydrogen-bond acceptors (Lipinski definition) is 4. The highest BCUT2D eigenvalue weighted by molar-refractivity contribution is 5.94. The van der Waals surface area contributed by atoms with Crippen LogP contribution in [0, 0.1) is 0 Å². The third-order valence-electron chi connectivity index (χ3n) is 4.81. The molecule has 0 saturated carbocycles. The van der Waals surface area contributed by atoms with Crippen LogP contribution in [0.25, 0.3) is 0 Å². The van der Waals surface area contributed by atoms with Crippen molar-refractivity contribution >= 4 is 11.9 Å². The first-order valence-electron chi connectivity index (χ1n) is 7.68. The molecule has 2 saturated heterocycles. The average molecular weight is 294 g/mol. The Labute approximate surface area is 129 Å². The highest BCUT2D eigenvalue weighted by atomic mass is 16.2. The van der Waals surface area contributed by atoms with E-state index in [1.165, 1.54) is 0 Å². The molecule has 4 rings (SSSR count). The Morgan fingerprint density at radius 3 is 2.41 bits per heavy atom. The normalized spacial score (nSPS) is 23.6. The van der Waals surface area contributed by atoms with Crippen LogP contribution in [0.5, 0.6) is 0 Å². The lowest BCUT2D eigenvalue weighted by molar-refractivity contribution is 0.0775. The molecule has 1 aromatic heterocycles. The van der Waals surface area contributed by atoms with Crippen molar-refractivity contribution in [1.29, 1.82) is 0 Å². The molecule has 3 heterocycles. The monoisotopic (exact) mass is 294 g/mol. The second-order valence-corrected chi connectivity index (χ2v) is 6.02. The summed E-state index contributed by atoms with van der Waals surface area (Å²) in [6, 6.07) is 11.3. The summed E-state index contributed by atoms with van der Waals surface area (Å²) in [5.41, 5.74) is 0.799. The maximum Gasteiger partial charge on any atom is 0.253 e. The number of benzene rings is 1. The van der Waals surface area contributed by atoms with Gasteiger partial charge in [-0.05, 0) is 31.0 Å². The molecule has 1 unspecified atom stereocenters. The van der Waals surface area contributed by atoms with Crippen LogP contribution >= 0.6 is 0 Å². The Morgan fingerprint density at radius 1 is 1.00 bits per heavy atom. The minimum Gasteiger partial charge on any atom is -0.336 e. The minimum absolute atomic E-state index is 0.0335. The maximum absolute atomic E-state index is 12.6. The first kappa shape index (κ1) is 13.2. The topological polar surface area (TPSA) is 49.3 Å². The largest absolute Gasteiger partial charge is 0.336 e. The van der Waals surface area contributed by atoms with Gasteiger partial charge in [-0.1, -0.05) is 18.2 Å². The van der Waals surface area contributed by atoms with Crippen LogP contribution < -0.4 is 4.90 Å². The van der Waals surface area contributed by atoms with Gasteiger partial charge in [-0.2, -0.15) is 0 Å². The number of carbonyl (C=O) groups excluding carboxylic acids is 1. The van der Waals surface area contributed by atoms with E-state index in [0.29, 0.717) is 0 Å². The molecule has 0 N–H and O–H groups in total. The summed E-state index contributed by atoms with van der Waals surface area (Å²) in [4.78, 5) is 25.5. The Hall–Kier alpha value is -2.43. The minimum atomic E-state index is 0.0335. The lowest BCUT2D eigenvalue weighted by atomic mass is 9.84. The molecule has 0 radical (unpaired) electrons. The Bertz CT molecular complexity index is 676. The third kappa shape index (κ3) is 2.04. The number of likely N-dealkylation sites (tertiary alicyclic amines) is 1. The Morgan fingerprint density at radius 2 is 1.73 bits per heavy atom. The van der Waals surface area contributed by atoms with Crippen LogP contribution in [0.15, 0.2) is 48.8 Å². The van der Waals surface area contributed by atoms with Crippen LogP contribution in [0.3, 0.4) is 0 Å². The van der Waals surface area contributed by atoms with Crippen molar-refractivity contribution in [3.63, 3.8) is 0 Å². The SMILES string of the molecule is O=C(c1ccccc1)N1CCC2(CCN2c2ncccn2)C1. The molecule has 5 nitrogen and oxygen atoms in total. The van der Waals surface area contributed by atoms with E-state index < -0.39 is 0 Å². The summed E-state index contributed by atoms with van der Waals surface area (Å²) in [6.45, 7) is 2.54. The van der Waals surface area contributed by atoms with E-state index in [1.54, 1.807) is 12.4 Å². The molecule has 0 aliphatic carbocycles. The molecule has 2 fully saturated rings. The van der Waals surface area contributed by atoms with Gasteiger partial charge in [0.2, 0.25) is 5.95 Å². The van der Waals surface area contributed by atoms with Gasteiger partial charge in [-0.15, -0.1) is 0 Å². The molecule has 2 aromatic rings. The zero-order chi connectivity index (χ0) is 15.0. The molecular formula is C17H18N4O. The van der Waals surface area contributed by atoms with Crippen molar-refractivity contribution in [3.05, 3.63) is 54.4 Å². The summed E-state index contributed by atoms with van der Waals surface area (Å²) in [6.07, 6.45) is 5.64. The van der Waals surface area contributed by atoms with E-state index in [1.807, 2.05) is 41.3 Å². The fraction of sp³-hybridized carbons (Fsp3) is 0.353. The summed E-state index contributed by atoms with van der Waals surface area (Å²) < 4.78 is 0. The highest BCUT2D eigenvalue weighted by Gasteiger charge is 2.51. The van der Waals surface area contributed by atoms with Crippen LogP contribution in [-0.4, -0.2) is 45.9 Å². The molecule has 1 spiro atoms. The molecule has 2 aliphatic heterocycles. The molecule has 112 valence electrons. The number of rotatable bonds is 2. The molecule has 5 heteroatoms. The lowest BCUT2D eigenvalue weighted by Crippen LogP contribution is -2.62. The van der Waals surface area contributed by atoms with E-state index in [0.717, 1.165) is 44.0 Å². The summed E-state index contributed by atoms with van der Waals surface area (Å²) >= 11 is 0. The third-order valence-corrected chi connectivity index (χ3v) is 4.81. The van der Waals surface area contributed by atoms with Gasteiger partial charge < -0.3 is 9.80 Å². The lowest BCUT2D eigenvalue weighted by Gasteiger charge is -2.50. The molecule has 0 bridgehead atoms. The smallest absolute Gasteiger partial charge is 0.253 e. The predicted octanol–water partition coefficient (Wildman–Crippen LogP) is 1.97. The summed E-state index contributed by atoms with van der Waals surface area (Å²) in [7, 11) is 0. The second-order valence-electron chi connectivity index (χ2n) is 6.02. The first-order valence-corrected chi connectivity index (χ1v) is 7.68. The van der Waals surface area contributed by atoms with Crippen molar-refractivity contribution in [1.82, 2.24) is 14.9 Å². The maximum atomic E-state index is 12.6. The molecule has 1 amide bonds. The molecular weight excluding hydrogens is 276 g/mol. The van der Waals surface area contributed by atoms with Crippen LogP contribution in [0.1, 0.15) is 23.2 Å². The van der Waals surface area contributed by atoms with Crippen molar-refractivity contribution in [2.24, 2.45) is 0 Å². The Balaban J connectivity index is 1.52. The van der Waals surface area contributed by atoms with E-state index in [4.69, 9.17) is 0 Å². The summed E-state index contributed by atoms with van der Waals surface area (Å²) in [5.74, 6) is 0.904. The molecule has 1 atom stereocenters. The quantitative estimate of drug-likeness (QED) is 0.849. The van der Waals surface area contributed by atoms with Gasteiger partial charge >= 0.3 is 0 Å². The zero-order valence-electron chi connectivity index (χ0n) is 12.4. The van der Waals surface area contributed by atoms with Gasteiger partial charge in [-0.3, -0.25) is 4.79 Å². The molecule has 1 aromatic carbocycles. The molecule has 2 aliphatic rings. The van der Waals surface area contributed by atoms with Gasteiger partial charge in [0.05, 0.1) is 5.54 Å². The van der Waals surface area contributed by atoms with Gasteiger partial charge in [0.1, 0.15) is 0 Å². The van der Waals surface area contributed by atoms with E-state index in [9.17, 15) is 4.79 Å². The Kier molecular flexibility index (Phi) is 3.06. The van der Waals surface area contributed by atoms with E-state index >= 15 is 0 Å². The summed E-state index contributed by atoms with van der Waals surface area (Å²) in [5, 5.41) is 0. The van der Waals surface area contributed by atoms with Crippen LogP contribution in [-0.2, 0) is 0 Å². The van der Waals surface area contributed by atoms with Gasteiger partial charge in [0.25, 0.3) is 5.91 Å². The van der Waals surface area contributed by atoms with Crippen molar-refractivity contribution in [2.45, 2.75) is 18.4 Å². The van der Waals surface area contributed by atoms with Gasteiger partial charge in [0, 0.05) is 37.6 Å². The van der Waals surface area contributed by atoms with E-state index in [2.05, 4.69) is 14.9 Å².